The molecule has 0 aliphatic heterocycles. The van der Waals surface area contributed by atoms with E-state index < -0.39 is 0 Å². The van der Waals surface area contributed by atoms with Crippen molar-refractivity contribution in [3.8, 4) is 12.3 Å². The lowest BCUT2D eigenvalue weighted by Crippen LogP contribution is -2.13. The minimum atomic E-state index is -0.0822. The fourth-order valence-electron chi connectivity index (χ4n) is 1.17. The van der Waals surface area contributed by atoms with Crippen LogP contribution in [0, 0.1) is 12.3 Å². The van der Waals surface area contributed by atoms with Gasteiger partial charge in [-0.15, -0.1) is 11.5 Å². The number of rotatable bonds is 2. The van der Waals surface area contributed by atoms with Gasteiger partial charge in [-0.05, 0) is 35.0 Å². The average molecular weight is 265 g/mol. The first-order valence-electron chi connectivity index (χ1n) is 4.44. The van der Waals surface area contributed by atoms with E-state index >= 15 is 0 Å². The predicted octanol–water partition coefficient (Wildman–Crippen LogP) is 1.93. The summed E-state index contributed by atoms with van der Waals surface area (Å²) in [6, 6.07) is 3.72. The van der Waals surface area contributed by atoms with Crippen molar-refractivity contribution < 1.29 is 0 Å². The van der Waals surface area contributed by atoms with Crippen molar-refractivity contribution in [3.63, 3.8) is 0 Å². The van der Waals surface area contributed by atoms with Crippen LogP contribution in [0.5, 0.6) is 0 Å². The molecule has 0 aromatic carbocycles. The Kier molecular flexibility index (Phi) is 2.60. The highest BCUT2D eigenvalue weighted by molar-refractivity contribution is 9.10. The Hall–Kier alpha value is -1.54. The van der Waals surface area contributed by atoms with E-state index in [2.05, 4.69) is 37.2 Å². The number of halogens is 1. The number of pyridine rings is 1. The number of hydrogen-bond donors (Lipinski definition) is 1. The molecule has 2 aromatic heterocycles. The minimum Gasteiger partial charge on any atom is -0.340 e. The van der Waals surface area contributed by atoms with Gasteiger partial charge < -0.3 is 5.32 Å². The number of nitrogens with zero attached hydrogens (tertiary/aromatic N) is 3. The van der Waals surface area contributed by atoms with Gasteiger partial charge in [-0.2, -0.15) is 4.98 Å². The first kappa shape index (κ1) is 9.99. The zero-order valence-corrected chi connectivity index (χ0v) is 9.69. The van der Waals surface area contributed by atoms with Crippen molar-refractivity contribution in [2.24, 2.45) is 0 Å². The Morgan fingerprint density at radius 2 is 2.47 bits per heavy atom. The Bertz CT molecular complexity index is 526. The van der Waals surface area contributed by atoms with Crippen LogP contribution in [0.1, 0.15) is 6.92 Å². The third-order valence-electron chi connectivity index (χ3n) is 1.91. The van der Waals surface area contributed by atoms with Crippen molar-refractivity contribution >= 4 is 27.5 Å². The highest BCUT2D eigenvalue weighted by atomic mass is 79.9. The second kappa shape index (κ2) is 3.91. The quantitative estimate of drug-likeness (QED) is 0.843. The number of fused-ring (bicyclic) bond motifs is 1. The fraction of sp³-hybridized carbons (Fsp3) is 0.200. The zero-order valence-electron chi connectivity index (χ0n) is 8.11. The van der Waals surface area contributed by atoms with Gasteiger partial charge >= 0.3 is 0 Å². The summed E-state index contributed by atoms with van der Waals surface area (Å²) in [5, 5.41) is 7.24. The average Bonchev–Trinajstić information content (AvgIpc) is 2.62. The molecule has 0 fully saturated rings. The minimum absolute atomic E-state index is 0.0822. The third kappa shape index (κ3) is 1.95. The molecule has 1 unspecified atom stereocenters. The van der Waals surface area contributed by atoms with E-state index in [9.17, 15) is 0 Å². The molecule has 0 spiro atoms. The van der Waals surface area contributed by atoms with Crippen LogP contribution in [0.25, 0.3) is 5.65 Å². The number of nitrogens with one attached hydrogen (secondary N) is 1. The van der Waals surface area contributed by atoms with Gasteiger partial charge in [-0.1, -0.05) is 5.92 Å². The SMILES string of the molecule is C#CC(C)Nc1nc2c(Br)cccn2n1. The maximum atomic E-state index is 5.26. The van der Waals surface area contributed by atoms with Gasteiger partial charge in [0.25, 0.3) is 0 Å². The van der Waals surface area contributed by atoms with Gasteiger partial charge in [0, 0.05) is 6.20 Å². The summed E-state index contributed by atoms with van der Waals surface area (Å²) < 4.78 is 2.59. The van der Waals surface area contributed by atoms with E-state index in [1.807, 2.05) is 25.3 Å². The van der Waals surface area contributed by atoms with Crippen LogP contribution in [0.15, 0.2) is 22.8 Å². The fourth-order valence-corrected chi connectivity index (χ4v) is 1.59. The molecule has 15 heavy (non-hydrogen) atoms. The van der Waals surface area contributed by atoms with Crippen LogP contribution in [0.3, 0.4) is 0 Å². The Labute approximate surface area is 95.8 Å². The third-order valence-corrected chi connectivity index (χ3v) is 2.53. The van der Waals surface area contributed by atoms with Crippen LogP contribution in [-0.4, -0.2) is 20.6 Å². The zero-order chi connectivity index (χ0) is 10.8. The normalized spacial score (nSPS) is 12.3. The smallest absolute Gasteiger partial charge is 0.244 e. The van der Waals surface area contributed by atoms with E-state index in [0.29, 0.717) is 5.95 Å². The molecule has 2 heterocycles. The molecule has 0 radical (unpaired) electrons. The number of aromatic nitrogens is 3. The highest BCUT2D eigenvalue weighted by Crippen LogP contribution is 2.16. The van der Waals surface area contributed by atoms with Crippen LogP contribution in [0.2, 0.25) is 0 Å². The van der Waals surface area contributed by atoms with Crippen molar-refractivity contribution in [1.82, 2.24) is 14.6 Å². The molecule has 5 heteroatoms. The molecule has 2 aromatic rings. The number of terminal acetylenes is 1. The molecule has 0 bridgehead atoms. The molecule has 0 saturated carbocycles. The van der Waals surface area contributed by atoms with E-state index in [1.165, 1.54) is 0 Å². The Balaban J connectivity index is 2.40. The molecular formula is C10H9BrN4. The van der Waals surface area contributed by atoms with Crippen LogP contribution < -0.4 is 5.32 Å². The highest BCUT2D eigenvalue weighted by Gasteiger charge is 2.06. The molecule has 0 amide bonds. The van der Waals surface area contributed by atoms with Crippen molar-refractivity contribution in [2.75, 3.05) is 5.32 Å². The summed E-state index contributed by atoms with van der Waals surface area (Å²) in [4.78, 5) is 4.30. The molecule has 0 aliphatic rings. The molecule has 76 valence electrons. The van der Waals surface area contributed by atoms with Gasteiger partial charge in [-0.25, -0.2) is 4.52 Å². The second-order valence-corrected chi connectivity index (χ2v) is 3.95. The lowest BCUT2D eigenvalue weighted by atomic mass is 10.4. The topological polar surface area (TPSA) is 42.2 Å². The van der Waals surface area contributed by atoms with Gasteiger partial charge in [0.05, 0.1) is 10.5 Å². The molecule has 2 rings (SSSR count). The van der Waals surface area contributed by atoms with Gasteiger partial charge in [-0.3, -0.25) is 0 Å². The lowest BCUT2D eigenvalue weighted by molar-refractivity contribution is 0.931. The first-order chi connectivity index (χ1) is 7.20. The van der Waals surface area contributed by atoms with Crippen LogP contribution in [-0.2, 0) is 0 Å². The standard InChI is InChI=1S/C10H9BrN4/c1-3-7(2)12-10-13-9-8(11)5-4-6-15(9)14-10/h1,4-7H,2H3,(H,12,14). The number of anilines is 1. The van der Waals surface area contributed by atoms with E-state index in [0.717, 1.165) is 10.1 Å². The maximum absolute atomic E-state index is 5.26. The predicted molar refractivity (Wildman–Crippen MR) is 62.6 cm³/mol. The maximum Gasteiger partial charge on any atom is 0.244 e. The van der Waals surface area contributed by atoms with E-state index in [1.54, 1.807) is 4.52 Å². The first-order valence-corrected chi connectivity index (χ1v) is 5.23. The molecule has 1 N–H and O–H groups in total. The van der Waals surface area contributed by atoms with Gasteiger partial charge in [0.2, 0.25) is 5.95 Å². The van der Waals surface area contributed by atoms with E-state index in [-0.39, 0.29) is 6.04 Å². The molecular weight excluding hydrogens is 256 g/mol. The van der Waals surface area contributed by atoms with Crippen molar-refractivity contribution in [1.29, 1.82) is 0 Å². The largest absolute Gasteiger partial charge is 0.340 e. The summed E-state index contributed by atoms with van der Waals surface area (Å²) in [6.45, 7) is 1.88. The lowest BCUT2D eigenvalue weighted by Gasteiger charge is -2.02. The number of hydrogen-bond acceptors (Lipinski definition) is 3. The van der Waals surface area contributed by atoms with Gasteiger partial charge in [0.1, 0.15) is 0 Å². The molecule has 4 nitrogen and oxygen atoms in total. The van der Waals surface area contributed by atoms with Crippen molar-refractivity contribution in [2.45, 2.75) is 13.0 Å². The summed E-state index contributed by atoms with van der Waals surface area (Å²) in [6.07, 6.45) is 7.09. The van der Waals surface area contributed by atoms with Gasteiger partial charge in [0.15, 0.2) is 5.65 Å². The Morgan fingerprint density at radius 3 is 3.13 bits per heavy atom. The molecule has 1 atom stereocenters. The summed E-state index contributed by atoms with van der Waals surface area (Å²) in [5.74, 6) is 3.09. The van der Waals surface area contributed by atoms with E-state index in [4.69, 9.17) is 6.42 Å². The summed E-state index contributed by atoms with van der Waals surface area (Å²) in [7, 11) is 0. The van der Waals surface area contributed by atoms with Crippen molar-refractivity contribution in [3.05, 3.63) is 22.8 Å². The second-order valence-electron chi connectivity index (χ2n) is 3.09. The molecule has 0 aliphatic carbocycles. The summed E-state index contributed by atoms with van der Waals surface area (Å²) >= 11 is 3.40. The van der Waals surface area contributed by atoms with Crippen LogP contribution in [0.4, 0.5) is 5.95 Å². The monoisotopic (exact) mass is 264 g/mol. The Morgan fingerprint density at radius 1 is 1.67 bits per heavy atom. The molecule has 0 saturated heterocycles. The van der Waals surface area contributed by atoms with Crippen LogP contribution >= 0.6 is 15.9 Å². The summed E-state index contributed by atoms with van der Waals surface area (Å²) in [5.41, 5.74) is 0.768.